The molecule has 0 spiro atoms. The minimum absolute atomic E-state index is 0.461. The topological polar surface area (TPSA) is 33.2 Å². The number of hydrogen-bond acceptors (Lipinski definition) is 4. The van der Waals surface area contributed by atoms with E-state index in [1.807, 2.05) is 11.7 Å². The molecule has 2 bridgehead atoms. The molecule has 80 valence electrons. The number of hydrogen-bond donors (Lipinski definition) is 0. The first-order valence-corrected chi connectivity index (χ1v) is 6.35. The Hall–Kier alpha value is -0.740. The normalized spacial score (nSPS) is 31.1. The van der Waals surface area contributed by atoms with Crippen molar-refractivity contribution < 1.29 is 4.79 Å². The Morgan fingerprint density at radius 1 is 1.40 bits per heavy atom. The summed E-state index contributed by atoms with van der Waals surface area (Å²) in [5, 5.41) is 0. The molecule has 0 aromatic carbocycles. The highest BCUT2D eigenvalue weighted by molar-refractivity contribution is 7.09. The van der Waals surface area contributed by atoms with Gasteiger partial charge in [-0.3, -0.25) is 14.7 Å². The van der Waals surface area contributed by atoms with Crippen molar-refractivity contribution in [2.75, 3.05) is 0 Å². The van der Waals surface area contributed by atoms with E-state index in [1.165, 1.54) is 17.7 Å². The Bertz CT molecular complexity index is 347. The standard InChI is InChI=1S/C11H14N2OS/c14-10-3-8-1-2-9(4-10)13(8)6-11-5-12-7-15-11/h5,7-9H,1-4,6H2. The molecule has 2 fully saturated rings. The summed E-state index contributed by atoms with van der Waals surface area (Å²) in [4.78, 5) is 19.4. The Morgan fingerprint density at radius 2 is 2.13 bits per heavy atom. The van der Waals surface area contributed by atoms with Gasteiger partial charge in [-0.15, -0.1) is 11.3 Å². The van der Waals surface area contributed by atoms with Gasteiger partial charge in [-0.1, -0.05) is 0 Å². The summed E-state index contributed by atoms with van der Waals surface area (Å²) in [5.74, 6) is 0.461. The van der Waals surface area contributed by atoms with Crippen molar-refractivity contribution >= 4 is 17.1 Å². The van der Waals surface area contributed by atoms with Crippen LogP contribution in [0.5, 0.6) is 0 Å². The molecule has 0 saturated carbocycles. The molecule has 2 atom stereocenters. The van der Waals surface area contributed by atoms with E-state index in [4.69, 9.17) is 0 Å². The lowest BCUT2D eigenvalue weighted by molar-refractivity contribution is -0.123. The predicted molar refractivity (Wildman–Crippen MR) is 58.7 cm³/mol. The maximum atomic E-state index is 11.4. The van der Waals surface area contributed by atoms with Crippen LogP contribution in [0.25, 0.3) is 0 Å². The maximum absolute atomic E-state index is 11.4. The van der Waals surface area contributed by atoms with Crippen molar-refractivity contribution in [1.82, 2.24) is 9.88 Å². The quantitative estimate of drug-likeness (QED) is 0.765. The number of nitrogens with zero attached hydrogens (tertiary/aromatic N) is 2. The number of carbonyl (C=O) groups is 1. The van der Waals surface area contributed by atoms with Crippen molar-refractivity contribution in [1.29, 1.82) is 0 Å². The molecule has 1 aromatic rings. The third-order valence-electron chi connectivity index (χ3n) is 3.52. The van der Waals surface area contributed by atoms with E-state index in [0.717, 1.165) is 19.4 Å². The van der Waals surface area contributed by atoms with Gasteiger partial charge in [0.05, 0.1) is 5.51 Å². The van der Waals surface area contributed by atoms with Gasteiger partial charge in [0.2, 0.25) is 0 Å². The summed E-state index contributed by atoms with van der Waals surface area (Å²) in [6.07, 6.45) is 5.90. The molecule has 2 saturated heterocycles. The summed E-state index contributed by atoms with van der Waals surface area (Å²) < 4.78 is 0. The van der Waals surface area contributed by atoms with Gasteiger partial charge in [-0.2, -0.15) is 0 Å². The average molecular weight is 222 g/mol. The molecule has 2 aliphatic rings. The molecule has 15 heavy (non-hydrogen) atoms. The van der Waals surface area contributed by atoms with Gasteiger partial charge in [0, 0.05) is 42.5 Å². The first-order valence-electron chi connectivity index (χ1n) is 5.48. The SMILES string of the molecule is O=C1CC2CCC(C1)N2Cc1cncs1. The molecule has 0 amide bonds. The second kappa shape index (κ2) is 3.68. The van der Waals surface area contributed by atoms with E-state index in [2.05, 4.69) is 9.88 Å². The van der Waals surface area contributed by atoms with Gasteiger partial charge in [0.25, 0.3) is 0 Å². The van der Waals surface area contributed by atoms with Crippen molar-refractivity contribution in [3.05, 3.63) is 16.6 Å². The van der Waals surface area contributed by atoms with Crippen LogP contribution in [0.2, 0.25) is 0 Å². The van der Waals surface area contributed by atoms with Crippen LogP contribution in [-0.2, 0) is 11.3 Å². The number of carbonyl (C=O) groups excluding carboxylic acids is 1. The van der Waals surface area contributed by atoms with E-state index in [9.17, 15) is 4.79 Å². The van der Waals surface area contributed by atoms with Crippen LogP contribution in [0.3, 0.4) is 0 Å². The second-order valence-electron chi connectivity index (χ2n) is 4.47. The molecule has 0 aliphatic carbocycles. The first kappa shape index (κ1) is 9.48. The Balaban J connectivity index is 1.75. The highest BCUT2D eigenvalue weighted by Crippen LogP contribution is 2.35. The number of thiazole rings is 1. The van der Waals surface area contributed by atoms with Gasteiger partial charge >= 0.3 is 0 Å². The Morgan fingerprint density at radius 3 is 2.73 bits per heavy atom. The van der Waals surface area contributed by atoms with Gasteiger partial charge in [-0.05, 0) is 12.8 Å². The molecule has 4 heteroatoms. The van der Waals surface area contributed by atoms with Crippen LogP contribution in [0.4, 0.5) is 0 Å². The van der Waals surface area contributed by atoms with Crippen LogP contribution in [0.15, 0.2) is 11.7 Å². The Kier molecular flexibility index (Phi) is 2.33. The maximum Gasteiger partial charge on any atom is 0.136 e. The van der Waals surface area contributed by atoms with Crippen LogP contribution in [0, 0.1) is 0 Å². The van der Waals surface area contributed by atoms with E-state index in [-0.39, 0.29) is 0 Å². The zero-order valence-electron chi connectivity index (χ0n) is 8.56. The molecule has 2 unspecified atom stereocenters. The number of aromatic nitrogens is 1. The van der Waals surface area contributed by atoms with E-state index in [0.29, 0.717) is 17.9 Å². The highest BCUT2D eigenvalue weighted by atomic mass is 32.1. The monoisotopic (exact) mass is 222 g/mol. The lowest BCUT2D eigenvalue weighted by Gasteiger charge is -2.33. The number of ketones is 1. The van der Waals surface area contributed by atoms with Crippen molar-refractivity contribution in [2.24, 2.45) is 0 Å². The highest BCUT2D eigenvalue weighted by Gasteiger charge is 2.39. The second-order valence-corrected chi connectivity index (χ2v) is 5.44. The van der Waals surface area contributed by atoms with E-state index < -0.39 is 0 Å². The molecular formula is C11H14N2OS. The molecule has 1 aromatic heterocycles. The third-order valence-corrected chi connectivity index (χ3v) is 4.28. The summed E-state index contributed by atoms with van der Waals surface area (Å²) >= 11 is 1.71. The minimum atomic E-state index is 0.461. The predicted octanol–water partition coefficient (Wildman–Crippen LogP) is 1.84. The zero-order valence-corrected chi connectivity index (χ0v) is 9.37. The average Bonchev–Trinajstić information content (AvgIpc) is 2.77. The fraction of sp³-hybridized carbons (Fsp3) is 0.636. The van der Waals surface area contributed by atoms with Crippen molar-refractivity contribution in [3.8, 4) is 0 Å². The fourth-order valence-corrected chi connectivity index (χ4v) is 3.42. The fourth-order valence-electron chi connectivity index (χ4n) is 2.82. The first-order chi connectivity index (χ1) is 7.33. The van der Waals surface area contributed by atoms with Gasteiger partial charge in [0.15, 0.2) is 0 Å². The molecule has 3 rings (SSSR count). The van der Waals surface area contributed by atoms with Crippen LogP contribution >= 0.6 is 11.3 Å². The number of Topliss-reactive ketones (excluding diaryl/α,β-unsaturated/α-hetero) is 1. The number of rotatable bonds is 2. The van der Waals surface area contributed by atoms with E-state index >= 15 is 0 Å². The van der Waals surface area contributed by atoms with E-state index in [1.54, 1.807) is 11.3 Å². The molecule has 2 aliphatic heterocycles. The Labute approximate surface area is 93.1 Å². The molecule has 3 nitrogen and oxygen atoms in total. The molecule has 3 heterocycles. The smallest absolute Gasteiger partial charge is 0.136 e. The summed E-state index contributed by atoms with van der Waals surface area (Å²) in [7, 11) is 0. The van der Waals surface area contributed by atoms with Crippen LogP contribution in [-0.4, -0.2) is 27.8 Å². The molecule has 0 N–H and O–H groups in total. The lowest BCUT2D eigenvalue weighted by Crippen LogP contribution is -2.42. The van der Waals surface area contributed by atoms with Gasteiger partial charge in [-0.25, -0.2) is 0 Å². The summed E-state index contributed by atoms with van der Waals surface area (Å²) in [6, 6.07) is 1.02. The summed E-state index contributed by atoms with van der Waals surface area (Å²) in [6.45, 7) is 0.993. The van der Waals surface area contributed by atoms with Crippen LogP contribution in [0.1, 0.15) is 30.6 Å². The van der Waals surface area contributed by atoms with Crippen molar-refractivity contribution in [3.63, 3.8) is 0 Å². The third kappa shape index (κ3) is 1.72. The lowest BCUT2D eigenvalue weighted by atomic mass is 10.0. The number of piperidine rings is 1. The van der Waals surface area contributed by atoms with Gasteiger partial charge in [0.1, 0.15) is 5.78 Å². The summed E-state index contributed by atoms with van der Waals surface area (Å²) in [5.41, 5.74) is 1.88. The number of fused-ring (bicyclic) bond motifs is 2. The van der Waals surface area contributed by atoms with Gasteiger partial charge < -0.3 is 0 Å². The van der Waals surface area contributed by atoms with Crippen molar-refractivity contribution in [2.45, 2.75) is 44.3 Å². The zero-order chi connectivity index (χ0) is 10.3. The molecular weight excluding hydrogens is 208 g/mol. The van der Waals surface area contributed by atoms with Crippen LogP contribution < -0.4 is 0 Å². The molecule has 0 radical (unpaired) electrons. The largest absolute Gasteiger partial charge is 0.300 e. The minimum Gasteiger partial charge on any atom is -0.300 e.